The van der Waals surface area contributed by atoms with E-state index in [0.717, 1.165) is 0 Å². The molecule has 0 aliphatic carbocycles. The highest BCUT2D eigenvalue weighted by atomic mass is 16.5. The highest BCUT2D eigenvalue weighted by molar-refractivity contribution is 5.99. The van der Waals surface area contributed by atoms with Crippen LogP contribution in [0.1, 0.15) is 17.3 Å². The summed E-state index contributed by atoms with van der Waals surface area (Å²) in [6.45, 7) is 2.29. The Morgan fingerprint density at radius 3 is 2.22 bits per heavy atom. The average Bonchev–Trinajstić information content (AvgIpc) is 2.43. The minimum atomic E-state index is -0.165. The summed E-state index contributed by atoms with van der Waals surface area (Å²) >= 11 is 0. The third-order valence-corrected chi connectivity index (χ3v) is 2.96. The number of nitrogens with zero attached hydrogens (tertiary/aromatic N) is 1. The Kier molecular flexibility index (Phi) is 4.97. The fourth-order valence-corrected chi connectivity index (χ4v) is 1.60. The Morgan fingerprint density at radius 2 is 1.83 bits per heavy atom. The molecule has 1 rings (SSSR count). The number of methoxy groups -OCH3 is 2. The van der Waals surface area contributed by atoms with Crippen molar-refractivity contribution < 1.29 is 14.3 Å². The summed E-state index contributed by atoms with van der Waals surface area (Å²) in [4.78, 5) is 14.0. The number of hydrogen-bond donors (Lipinski definition) is 1. The van der Waals surface area contributed by atoms with E-state index in [9.17, 15) is 4.79 Å². The van der Waals surface area contributed by atoms with Gasteiger partial charge in [0, 0.05) is 19.6 Å². The molecule has 1 aromatic rings. The molecule has 0 radical (unpaired) electrons. The van der Waals surface area contributed by atoms with E-state index in [-0.39, 0.29) is 11.9 Å². The number of amides is 1. The number of nitrogens with two attached hydrogens (primary N) is 1. The lowest BCUT2D eigenvalue weighted by atomic mass is 10.1. The molecule has 0 spiro atoms. The van der Waals surface area contributed by atoms with Crippen molar-refractivity contribution in [2.75, 3.05) is 27.8 Å². The molecule has 5 heteroatoms. The van der Waals surface area contributed by atoms with E-state index in [1.54, 1.807) is 30.1 Å². The van der Waals surface area contributed by atoms with Crippen LogP contribution in [0.5, 0.6) is 11.5 Å². The second-order valence-corrected chi connectivity index (χ2v) is 4.04. The van der Waals surface area contributed by atoms with Crippen LogP contribution in [0.3, 0.4) is 0 Å². The van der Waals surface area contributed by atoms with E-state index in [1.165, 1.54) is 14.2 Å². The molecular formula is C13H20N2O3. The molecule has 100 valence electrons. The molecule has 0 fully saturated rings. The van der Waals surface area contributed by atoms with Gasteiger partial charge in [-0.25, -0.2) is 0 Å². The summed E-state index contributed by atoms with van der Waals surface area (Å²) in [6.07, 6.45) is 0. The summed E-state index contributed by atoms with van der Waals surface area (Å²) in [5.74, 6) is 0.827. The van der Waals surface area contributed by atoms with Gasteiger partial charge in [0.15, 0.2) is 0 Å². The van der Waals surface area contributed by atoms with Crippen LogP contribution in [-0.4, -0.2) is 44.7 Å². The first-order valence-electron chi connectivity index (χ1n) is 5.75. The first-order chi connectivity index (χ1) is 8.56. The third-order valence-electron chi connectivity index (χ3n) is 2.96. The monoisotopic (exact) mass is 252 g/mol. The number of rotatable bonds is 5. The van der Waals surface area contributed by atoms with Gasteiger partial charge >= 0.3 is 0 Å². The topological polar surface area (TPSA) is 64.8 Å². The maximum Gasteiger partial charge on any atom is 0.261 e. The Labute approximate surface area is 107 Å². The van der Waals surface area contributed by atoms with Crippen molar-refractivity contribution in [1.82, 2.24) is 4.90 Å². The molecule has 1 unspecified atom stereocenters. The van der Waals surface area contributed by atoms with E-state index in [4.69, 9.17) is 15.2 Å². The molecule has 0 aromatic heterocycles. The van der Waals surface area contributed by atoms with Crippen molar-refractivity contribution in [3.05, 3.63) is 23.8 Å². The molecule has 1 amide bonds. The smallest absolute Gasteiger partial charge is 0.261 e. The predicted molar refractivity (Wildman–Crippen MR) is 70.2 cm³/mol. The predicted octanol–water partition coefficient (Wildman–Crippen LogP) is 1.12. The summed E-state index contributed by atoms with van der Waals surface area (Å²) in [5.41, 5.74) is 6.00. The Balaban J connectivity index is 3.18. The van der Waals surface area contributed by atoms with Gasteiger partial charge in [-0.3, -0.25) is 4.79 Å². The van der Waals surface area contributed by atoms with Crippen LogP contribution in [0.15, 0.2) is 18.2 Å². The lowest BCUT2D eigenvalue weighted by Gasteiger charge is -2.25. The molecule has 0 saturated heterocycles. The SMILES string of the molecule is COc1cccc(OC)c1C(=O)N(C)C(C)CN. The van der Waals surface area contributed by atoms with Gasteiger partial charge < -0.3 is 20.1 Å². The van der Waals surface area contributed by atoms with Gasteiger partial charge in [0.05, 0.1) is 14.2 Å². The Hall–Kier alpha value is -1.75. The van der Waals surface area contributed by atoms with Crippen molar-refractivity contribution in [2.45, 2.75) is 13.0 Å². The van der Waals surface area contributed by atoms with Gasteiger partial charge in [0.25, 0.3) is 5.91 Å². The van der Waals surface area contributed by atoms with Gasteiger partial charge in [0.1, 0.15) is 17.1 Å². The average molecular weight is 252 g/mol. The first-order valence-corrected chi connectivity index (χ1v) is 5.75. The molecular weight excluding hydrogens is 232 g/mol. The molecule has 0 aliphatic heterocycles. The van der Waals surface area contributed by atoms with Crippen LogP contribution in [0.2, 0.25) is 0 Å². The molecule has 1 aromatic carbocycles. The van der Waals surface area contributed by atoms with Crippen molar-refractivity contribution >= 4 is 5.91 Å². The molecule has 2 N–H and O–H groups in total. The van der Waals surface area contributed by atoms with Gasteiger partial charge in [-0.1, -0.05) is 6.07 Å². The van der Waals surface area contributed by atoms with Crippen molar-refractivity contribution in [1.29, 1.82) is 0 Å². The minimum absolute atomic E-state index is 0.0490. The van der Waals surface area contributed by atoms with E-state index >= 15 is 0 Å². The van der Waals surface area contributed by atoms with Crippen LogP contribution in [0.4, 0.5) is 0 Å². The first kappa shape index (κ1) is 14.3. The Morgan fingerprint density at radius 1 is 1.33 bits per heavy atom. The number of carbonyl (C=O) groups is 1. The Bertz CT molecular complexity index is 398. The van der Waals surface area contributed by atoms with Gasteiger partial charge in [-0.05, 0) is 19.1 Å². The zero-order valence-electron chi connectivity index (χ0n) is 11.3. The zero-order valence-corrected chi connectivity index (χ0v) is 11.3. The van der Waals surface area contributed by atoms with Gasteiger partial charge in [0.2, 0.25) is 0 Å². The van der Waals surface area contributed by atoms with Gasteiger partial charge in [-0.2, -0.15) is 0 Å². The lowest BCUT2D eigenvalue weighted by molar-refractivity contribution is 0.0741. The maximum absolute atomic E-state index is 12.4. The number of ether oxygens (including phenoxy) is 2. The molecule has 5 nitrogen and oxygen atoms in total. The van der Waals surface area contributed by atoms with E-state index in [0.29, 0.717) is 23.6 Å². The van der Waals surface area contributed by atoms with E-state index < -0.39 is 0 Å². The summed E-state index contributed by atoms with van der Waals surface area (Å²) in [6, 6.07) is 5.20. The molecule has 18 heavy (non-hydrogen) atoms. The zero-order chi connectivity index (χ0) is 13.7. The van der Waals surface area contributed by atoms with Crippen molar-refractivity contribution in [3.8, 4) is 11.5 Å². The normalized spacial score (nSPS) is 11.8. The standard InChI is InChI=1S/C13H20N2O3/c1-9(8-14)15(2)13(16)12-10(17-3)6-5-7-11(12)18-4/h5-7,9H,8,14H2,1-4H3. The summed E-state index contributed by atoms with van der Waals surface area (Å²) in [7, 11) is 4.77. The number of carbonyl (C=O) groups excluding carboxylic acids is 1. The highest BCUT2D eigenvalue weighted by Gasteiger charge is 2.23. The van der Waals surface area contributed by atoms with E-state index in [1.807, 2.05) is 6.92 Å². The van der Waals surface area contributed by atoms with Crippen molar-refractivity contribution in [2.24, 2.45) is 5.73 Å². The third kappa shape index (κ3) is 2.73. The molecule has 1 atom stereocenters. The van der Waals surface area contributed by atoms with Crippen LogP contribution in [-0.2, 0) is 0 Å². The highest BCUT2D eigenvalue weighted by Crippen LogP contribution is 2.29. The minimum Gasteiger partial charge on any atom is -0.496 e. The van der Waals surface area contributed by atoms with Crippen LogP contribution in [0, 0.1) is 0 Å². The summed E-state index contributed by atoms with van der Waals surface area (Å²) < 4.78 is 10.4. The molecule has 0 aliphatic rings. The summed E-state index contributed by atoms with van der Waals surface area (Å²) in [5, 5.41) is 0. The quantitative estimate of drug-likeness (QED) is 0.853. The maximum atomic E-state index is 12.4. The van der Waals surface area contributed by atoms with Crippen LogP contribution in [0.25, 0.3) is 0 Å². The number of likely N-dealkylation sites (N-methyl/N-ethyl adjacent to an activating group) is 1. The largest absolute Gasteiger partial charge is 0.496 e. The second kappa shape index (κ2) is 6.26. The molecule has 0 bridgehead atoms. The van der Waals surface area contributed by atoms with E-state index in [2.05, 4.69) is 0 Å². The van der Waals surface area contributed by atoms with Crippen LogP contribution < -0.4 is 15.2 Å². The fourth-order valence-electron chi connectivity index (χ4n) is 1.60. The fraction of sp³-hybridized carbons (Fsp3) is 0.462. The van der Waals surface area contributed by atoms with Crippen molar-refractivity contribution in [3.63, 3.8) is 0 Å². The van der Waals surface area contributed by atoms with Gasteiger partial charge in [-0.15, -0.1) is 0 Å². The number of benzene rings is 1. The second-order valence-electron chi connectivity index (χ2n) is 4.04. The molecule has 0 saturated carbocycles. The van der Waals surface area contributed by atoms with Crippen LogP contribution >= 0.6 is 0 Å². The lowest BCUT2D eigenvalue weighted by Crippen LogP contribution is -2.40. The number of hydrogen-bond acceptors (Lipinski definition) is 4. The molecule has 0 heterocycles.